The fraction of sp³-hybridized carbons (Fsp3) is 0.412. The zero-order chi connectivity index (χ0) is 16.7. The van der Waals surface area contributed by atoms with Crippen molar-refractivity contribution in [3.05, 3.63) is 45.8 Å². The first-order valence-corrected chi connectivity index (χ1v) is 8.23. The molecule has 0 saturated heterocycles. The van der Waals surface area contributed by atoms with Crippen molar-refractivity contribution in [1.82, 2.24) is 14.5 Å². The van der Waals surface area contributed by atoms with Crippen molar-refractivity contribution in [2.45, 2.75) is 44.6 Å². The number of nitrogens with zero attached hydrogens (tertiary/aromatic N) is 3. The molecule has 1 saturated carbocycles. The number of aromatic nitrogens is 3. The van der Waals surface area contributed by atoms with Crippen LogP contribution in [0.25, 0.3) is 0 Å². The molecule has 0 bridgehead atoms. The van der Waals surface area contributed by atoms with Crippen molar-refractivity contribution >= 4 is 11.7 Å². The molecule has 0 aromatic carbocycles. The number of hydrogen-bond donors (Lipinski definition) is 2. The summed E-state index contributed by atoms with van der Waals surface area (Å²) in [5.74, 6) is -0.564. The van der Waals surface area contributed by atoms with Crippen LogP contribution in [0.3, 0.4) is 0 Å². The second kappa shape index (κ2) is 5.74. The molecule has 1 amide bonds. The second-order valence-electron chi connectivity index (χ2n) is 6.31. The number of aromatic hydroxyl groups is 1. The molecule has 2 aromatic rings. The molecule has 2 aliphatic rings. The lowest BCUT2D eigenvalue weighted by Gasteiger charge is -2.23. The van der Waals surface area contributed by atoms with Crippen molar-refractivity contribution in [3.8, 4) is 5.75 Å². The Bertz CT molecular complexity index is 856. The summed E-state index contributed by atoms with van der Waals surface area (Å²) in [6, 6.07) is 0.160. The van der Waals surface area contributed by atoms with Crippen molar-refractivity contribution in [3.63, 3.8) is 0 Å². The summed E-state index contributed by atoms with van der Waals surface area (Å²) in [7, 11) is 0. The summed E-state index contributed by atoms with van der Waals surface area (Å²) in [6.07, 6.45) is 9.66. The molecule has 24 heavy (non-hydrogen) atoms. The van der Waals surface area contributed by atoms with E-state index in [-0.39, 0.29) is 23.2 Å². The number of fused-ring (bicyclic) bond motifs is 1. The van der Waals surface area contributed by atoms with E-state index < -0.39 is 11.5 Å². The highest BCUT2D eigenvalue weighted by Gasteiger charge is 2.34. The minimum Gasteiger partial charge on any atom is -0.507 e. The van der Waals surface area contributed by atoms with E-state index in [4.69, 9.17) is 0 Å². The molecule has 124 valence electrons. The van der Waals surface area contributed by atoms with Gasteiger partial charge in [-0.05, 0) is 38.5 Å². The monoisotopic (exact) mass is 326 g/mol. The van der Waals surface area contributed by atoms with Gasteiger partial charge in [-0.25, -0.2) is 4.98 Å². The maximum atomic E-state index is 12.9. The number of hydrogen-bond acceptors (Lipinski definition) is 5. The molecule has 2 N–H and O–H groups in total. The summed E-state index contributed by atoms with van der Waals surface area (Å²) in [4.78, 5) is 33.3. The van der Waals surface area contributed by atoms with E-state index in [0.717, 1.165) is 43.4 Å². The van der Waals surface area contributed by atoms with Crippen LogP contribution in [0.5, 0.6) is 5.75 Å². The molecular weight excluding hydrogens is 308 g/mol. The highest BCUT2D eigenvalue weighted by atomic mass is 16.3. The Hall–Kier alpha value is -2.70. The summed E-state index contributed by atoms with van der Waals surface area (Å²) < 4.78 is 1.74. The van der Waals surface area contributed by atoms with Crippen LogP contribution in [0.1, 0.15) is 53.3 Å². The van der Waals surface area contributed by atoms with Gasteiger partial charge in [-0.3, -0.25) is 14.6 Å². The van der Waals surface area contributed by atoms with Gasteiger partial charge in [0.05, 0.1) is 6.20 Å². The van der Waals surface area contributed by atoms with E-state index in [9.17, 15) is 14.7 Å². The van der Waals surface area contributed by atoms with Gasteiger partial charge in [-0.1, -0.05) is 0 Å². The zero-order valence-electron chi connectivity index (χ0n) is 13.2. The summed E-state index contributed by atoms with van der Waals surface area (Å²) in [6.45, 7) is 0. The summed E-state index contributed by atoms with van der Waals surface area (Å²) in [5, 5.41) is 13.1. The fourth-order valence-corrected chi connectivity index (χ4v) is 3.37. The number of rotatable bonds is 3. The molecule has 0 spiro atoms. The predicted octanol–water partition coefficient (Wildman–Crippen LogP) is 1.81. The first-order valence-electron chi connectivity index (χ1n) is 8.23. The lowest BCUT2D eigenvalue weighted by atomic mass is 9.93. The summed E-state index contributed by atoms with van der Waals surface area (Å²) in [5.41, 5.74) is 1.06. The molecule has 0 unspecified atom stereocenters. The van der Waals surface area contributed by atoms with E-state index >= 15 is 0 Å². The number of nitrogens with one attached hydrogen (secondary N) is 1. The first-order chi connectivity index (χ1) is 11.7. The number of carbonyl (C=O) groups excluding carboxylic acids is 1. The SMILES string of the molecule is O=C(Nc1cnccn1)c1c(O)c2c(n(C3CC3)c1=O)CCCC2. The van der Waals surface area contributed by atoms with E-state index in [1.54, 1.807) is 4.57 Å². The number of carbonyl (C=O) groups is 1. The lowest BCUT2D eigenvalue weighted by Crippen LogP contribution is -2.33. The fourth-order valence-electron chi connectivity index (χ4n) is 3.37. The predicted molar refractivity (Wildman–Crippen MR) is 87.3 cm³/mol. The molecule has 7 nitrogen and oxygen atoms in total. The molecule has 0 atom stereocenters. The van der Waals surface area contributed by atoms with Gasteiger partial charge in [0.2, 0.25) is 0 Å². The molecule has 7 heteroatoms. The van der Waals surface area contributed by atoms with E-state index in [0.29, 0.717) is 6.42 Å². The van der Waals surface area contributed by atoms with Gasteiger partial charge in [0.25, 0.3) is 11.5 Å². The van der Waals surface area contributed by atoms with Crippen LogP contribution in [-0.4, -0.2) is 25.5 Å². The summed E-state index contributed by atoms with van der Waals surface area (Å²) >= 11 is 0. The van der Waals surface area contributed by atoms with Gasteiger partial charge < -0.3 is 15.0 Å². The molecule has 2 aliphatic carbocycles. The van der Waals surface area contributed by atoms with Crippen LogP contribution in [0, 0.1) is 0 Å². The average Bonchev–Trinajstić information content (AvgIpc) is 3.41. The molecule has 1 fully saturated rings. The van der Waals surface area contributed by atoms with E-state index in [2.05, 4.69) is 15.3 Å². The Morgan fingerprint density at radius 1 is 1.25 bits per heavy atom. The van der Waals surface area contributed by atoms with Gasteiger partial charge in [0.15, 0.2) is 5.82 Å². The van der Waals surface area contributed by atoms with Crippen molar-refractivity contribution in [2.24, 2.45) is 0 Å². The van der Waals surface area contributed by atoms with Gasteiger partial charge in [0, 0.05) is 29.7 Å². The Balaban J connectivity index is 1.81. The Morgan fingerprint density at radius 2 is 2.04 bits per heavy atom. The topological polar surface area (TPSA) is 97.1 Å². The van der Waals surface area contributed by atoms with Crippen LogP contribution in [0.2, 0.25) is 0 Å². The van der Waals surface area contributed by atoms with Crippen LogP contribution in [-0.2, 0) is 12.8 Å². The van der Waals surface area contributed by atoms with Crippen molar-refractivity contribution in [1.29, 1.82) is 0 Å². The van der Waals surface area contributed by atoms with Crippen LogP contribution in [0.4, 0.5) is 5.82 Å². The lowest BCUT2D eigenvalue weighted by molar-refractivity contribution is 0.102. The van der Waals surface area contributed by atoms with Crippen molar-refractivity contribution in [2.75, 3.05) is 5.32 Å². The van der Waals surface area contributed by atoms with Crippen molar-refractivity contribution < 1.29 is 9.90 Å². The number of anilines is 1. The Morgan fingerprint density at radius 3 is 2.75 bits per heavy atom. The first kappa shape index (κ1) is 14.9. The van der Waals surface area contributed by atoms with Gasteiger partial charge in [-0.2, -0.15) is 0 Å². The average molecular weight is 326 g/mol. The Labute approximate surface area is 138 Å². The maximum absolute atomic E-state index is 12.9. The molecule has 4 rings (SSSR count). The third-order valence-electron chi connectivity index (χ3n) is 4.63. The minimum absolute atomic E-state index is 0.160. The third-order valence-corrected chi connectivity index (χ3v) is 4.63. The molecule has 0 aliphatic heterocycles. The molecule has 2 aromatic heterocycles. The molecule has 2 heterocycles. The number of amides is 1. The number of pyridine rings is 1. The molecule has 0 radical (unpaired) electrons. The van der Waals surface area contributed by atoms with Gasteiger partial charge in [0.1, 0.15) is 11.3 Å². The van der Waals surface area contributed by atoms with Crippen LogP contribution in [0.15, 0.2) is 23.4 Å². The van der Waals surface area contributed by atoms with Crippen LogP contribution >= 0.6 is 0 Å². The normalized spacial score (nSPS) is 16.5. The quantitative estimate of drug-likeness (QED) is 0.896. The van der Waals surface area contributed by atoms with Gasteiger partial charge in [-0.15, -0.1) is 0 Å². The maximum Gasteiger partial charge on any atom is 0.267 e. The zero-order valence-corrected chi connectivity index (χ0v) is 13.2. The third kappa shape index (κ3) is 2.46. The van der Waals surface area contributed by atoms with Crippen LogP contribution < -0.4 is 10.9 Å². The van der Waals surface area contributed by atoms with E-state index in [1.165, 1.54) is 18.6 Å². The minimum atomic E-state index is -0.638. The largest absolute Gasteiger partial charge is 0.507 e. The van der Waals surface area contributed by atoms with E-state index in [1.807, 2.05) is 0 Å². The highest BCUT2D eigenvalue weighted by Crippen LogP contribution is 2.39. The second-order valence-corrected chi connectivity index (χ2v) is 6.31. The van der Waals surface area contributed by atoms with Gasteiger partial charge >= 0.3 is 0 Å². The highest BCUT2D eigenvalue weighted by molar-refractivity contribution is 6.05. The molecular formula is C17H18N4O3. The Kier molecular flexibility index (Phi) is 3.55. The standard InChI is InChI=1S/C17H18N4O3/c22-15-11-3-1-2-4-12(11)21(10-5-6-10)17(24)14(15)16(23)20-13-9-18-7-8-19-13/h7-10,22H,1-6H2,(H,19,20,23). The smallest absolute Gasteiger partial charge is 0.267 e.